The molecule has 2 rings (SSSR count). The molecule has 2 aromatic carbocycles. The van der Waals surface area contributed by atoms with Crippen LogP contribution in [0.4, 0.5) is 11.4 Å². The molecule has 9 nitrogen and oxygen atoms in total. The molecule has 0 saturated heterocycles. The number of benzene rings is 2. The molecular weight excluding hydrogens is 416 g/mol. The summed E-state index contributed by atoms with van der Waals surface area (Å²) in [5.41, 5.74) is 0.192. The van der Waals surface area contributed by atoms with Crippen LogP contribution in [0, 0.1) is 10.1 Å². The van der Waals surface area contributed by atoms with Gasteiger partial charge in [0, 0.05) is 11.8 Å². The van der Waals surface area contributed by atoms with Gasteiger partial charge in [0.25, 0.3) is 11.6 Å². The van der Waals surface area contributed by atoms with Crippen LogP contribution in [-0.2, 0) is 14.3 Å². The number of halogens is 1. The van der Waals surface area contributed by atoms with Gasteiger partial charge in [0.15, 0.2) is 6.61 Å². The molecule has 0 spiro atoms. The van der Waals surface area contributed by atoms with Crippen LogP contribution >= 0.6 is 11.6 Å². The van der Waals surface area contributed by atoms with E-state index in [0.29, 0.717) is 17.9 Å². The fourth-order valence-corrected chi connectivity index (χ4v) is 2.46. The maximum Gasteiger partial charge on any atom is 0.338 e. The molecule has 0 aliphatic rings. The molecule has 30 heavy (non-hydrogen) atoms. The topological polar surface area (TPSA) is 125 Å². The molecule has 0 radical (unpaired) electrons. The van der Waals surface area contributed by atoms with Crippen molar-refractivity contribution < 1.29 is 28.8 Å². The van der Waals surface area contributed by atoms with Gasteiger partial charge in [0.05, 0.1) is 22.7 Å². The Morgan fingerprint density at radius 2 is 1.67 bits per heavy atom. The number of nitro benzene ring substituents is 1. The molecule has 1 N–H and O–H groups in total. The predicted molar refractivity (Wildman–Crippen MR) is 109 cm³/mol. The second-order valence-corrected chi connectivity index (χ2v) is 6.52. The van der Waals surface area contributed by atoms with E-state index in [9.17, 15) is 24.5 Å². The summed E-state index contributed by atoms with van der Waals surface area (Å²) in [5.74, 6) is -1.98. The van der Waals surface area contributed by atoms with Crippen LogP contribution in [0.15, 0.2) is 42.5 Å². The van der Waals surface area contributed by atoms with Gasteiger partial charge in [-0.15, -0.1) is 0 Å². The number of carbonyl (C=O) groups is 3. The summed E-state index contributed by atoms with van der Waals surface area (Å²) in [5, 5.41) is 13.3. The van der Waals surface area contributed by atoms with Gasteiger partial charge in [-0.05, 0) is 42.8 Å². The fraction of sp³-hybridized carbons (Fsp3) is 0.250. The first kappa shape index (κ1) is 22.8. The number of hydrogen-bond donors (Lipinski definition) is 1. The second kappa shape index (κ2) is 10.9. The van der Waals surface area contributed by atoms with Crippen molar-refractivity contribution in [2.24, 2.45) is 0 Å². The quantitative estimate of drug-likeness (QED) is 0.273. The Labute approximate surface area is 177 Å². The average molecular weight is 435 g/mol. The van der Waals surface area contributed by atoms with Crippen molar-refractivity contribution in [3.05, 3.63) is 68.7 Å². The lowest BCUT2D eigenvalue weighted by molar-refractivity contribution is -0.384. The fourth-order valence-electron chi connectivity index (χ4n) is 2.27. The molecule has 0 fully saturated rings. The standard InChI is InChI=1S/C20H19ClN2O7/c1-2-3-10-29-19(25)13-4-7-15(8-5-13)22-18(24)12-30-20(26)14-6-9-16(21)17(11-14)23(27)28/h4-9,11H,2-3,10,12H2,1H3,(H,22,24). The van der Waals surface area contributed by atoms with Gasteiger partial charge in [0.2, 0.25) is 0 Å². The number of nitro groups is 1. The van der Waals surface area contributed by atoms with Gasteiger partial charge in [-0.3, -0.25) is 14.9 Å². The first-order valence-electron chi connectivity index (χ1n) is 9.00. The molecule has 0 bridgehead atoms. The monoisotopic (exact) mass is 434 g/mol. The lowest BCUT2D eigenvalue weighted by Gasteiger charge is -2.08. The maximum absolute atomic E-state index is 12.0. The molecule has 158 valence electrons. The lowest BCUT2D eigenvalue weighted by atomic mass is 10.2. The van der Waals surface area contributed by atoms with E-state index in [4.69, 9.17) is 21.1 Å². The highest BCUT2D eigenvalue weighted by molar-refractivity contribution is 6.32. The number of esters is 2. The van der Waals surface area contributed by atoms with E-state index >= 15 is 0 Å². The first-order chi connectivity index (χ1) is 14.3. The van der Waals surface area contributed by atoms with Gasteiger partial charge in [0.1, 0.15) is 5.02 Å². The third kappa shape index (κ3) is 6.56. The molecule has 0 aromatic heterocycles. The van der Waals surface area contributed by atoms with Crippen LogP contribution < -0.4 is 5.32 Å². The summed E-state index contributed by atoms with van der Waals surface area (Å²) in [6, 6.07) is 9.46. The minimum atomic E-state index is -0.907. The minimum absolute atomic E-state index is 0.107. The summed E-state index contributed by atoms with van der Waals surface area (Å²) >= 11 is 5.69. The molecular formula is C20H19ClN2O7. The molecule has 0 aliphatic carbocycles. The normalized spacial score (nSPS) is 10.2. The minimum Gasteiger partial charge on any atom is -0.462 e. The Bertz CT molecular complexity index is 945. The number of unbranched alkanes of at least 4 members (excludes halogenated alkanes) is 1. The third-order valence-corrected chi connectivity index (χ3v) is 4.17. The number of nitrogens with zero attached hydrogens (tertiary/aromatic N) is 1. The molecule has 2 aromatic rings. The summed E-state index contributed by atoms with van der Waals surface area (Å²) in [4.78, 5) is 45.9. The summed E-state index contributed by atoms with van der Waals surface area (Å²) in [6.45, 7) is 1.73. The van der Waals surface area contributed by atoms with Crippen LogP contribution in [0.2, 0.25) is 5.02 Å². The zero-order valence-corrected chi connectivity index (χ0v) is 16.8. The second-order valence-electron chi connectivity index (χ2n) is 6.11. The van der Waals surface area contributed by atoms with Gasteiger partial charge in [-0.2, -0.15) is 0 Å². The summed E-state index contributed by atoms with van der Waals surface area (Å²) in [6.07, 6.45) is 1.69. The number of nitrogens with one attached hydrogen (secondary N) is 1. The van der Waals surface area contributed by atoms with Crippen LogP contribution in [0.1, 0.15) is 40.5 Å². The van der Waals surface area contributed by atoms with E-state index in [0.717, 1.165) is 18.9 Å². The Morgan fingerprint density at radius 3 is 2.30 bits per heavy atom. The van der Waals surface area contributed by atoms with Crippen LogP contribution in [0.3, 0.4) is 0 Å². The highest BCUT2D eigenvalue weighted by atomic mass is 35.5. The molecule has 0 unspecified atom stereocenters. The number of ether oxygens (including phenoxy) is 2. The van der Waals surface area contributed by atoms with E-state index in [-0.39, 0.29) is 10.6 Å². The predicted octanol–water partition coefficient (Wildman–Crippen LogP) is 4.00. The Morgan fingerprint density at radius 1 is 1.03 bits per heavy atom. The van der Waals surface area contributed by atoms with Crippen molar-refractivity contribution in [1.29, 1.82) is 0 Å². The van der Waals surface area contributed by atoms with Gasteiger partial charge >= 0.3 is 11.9 Å². The first-order valence-corrected chi connectivity index (χ1v) is 9.37. The Kier molecular flexibility index (Phi) is 8.30. The molecule has 10 heteroatoms. The van der Waals surface area contributed by atoms with E-state index in [1.165, 1.54) is 36.4 Å². The molecule has 1 amide bonds. The SMILES string of the molecule is CCCCOC(=O)c1ccc(NC(=O)COC(=O)c2ccc(Cl)c([N+](=O)[O-])c2)cc1. The van der Waals surface area contributed by atoms with Crippen LogP contribution in [-0.4, -0.2) is 36.0 Å². The van der Waals surface area contributed by atoms with E-state index in [1.807, 2.05) is 6.92 Å². The van der Waals surface area contributed by atoms with Crippen molar-refractivity contribution in [2.75, 3.05) is 18.5 Å². The number of carbonyl (C=O) groups excluding carboxylic acids is 3. The Hall–Kier alpha value is -3.46. The van der Waals surface area contributed by atoms with E-state index in [1.54, 1.807) is 0 Å². The van der Waals surface area contributed by atoms with E-state index < -0.39 is 35.1 Å². The van der Waals surface area contributed by atoms with Gasteiger partial charge < -0.3 is 14.8 Å². The Balaban J connectivity index is 1.87. The average Bonchev–Trinajstić information content (AvgIpc) is 2.72. The van der Waals surface area contributed by atoms with Crippen molar-refractivity contribution in [2.45, 2.75) is 19.8 Å². The van der Waals surface area contributed by atoms with Gasteiger partial charge in [-0.1, -0.05) is 24.9 Å². The lowest BCUT2D eigenvalue weighted by Crippen LogP contribution is -2.21. The largest absolute Gasteiger partial charge is 0.462 e. The van der Waals surface area contributed by atoms with Crippen molar-refractivity contribution in [3.8, 4) is 0 Å². The molecule has 0 heterocycles. The number of anilines is 1. The highest BCUT2D eigenvalue weighted by Crippen LogP contribution is 2.25. The van der Waals surface area contributed by atoms with Gasteiger partial charge in [-0.25, -0.2) is 9.59 Å². The molecule has 0 saturated carbocycles. The zero-order chi connectivity index (χ0) is 22.1. The molecule has 0 atom stereocenters. The number of hydrogen-bond acceptors (Lipinski definition) is 7. The molecule has 0 aliphatic heterocycles. The summed E-state index contributed by atoms with van der Waals surface area (Å²) in [7, 11) is 0. The third-order valence-electron chi connectivity index (χ3n) is 3.85. The smallest absolute Gasteiger partial charge is 0.338 e. The van der Waals surface area contributed by atoms with Crippen molar-refractivity contribution >= 4 is 40.8 Å². The van der Waals surface area contributed by atoms with E-state index in [2.05, 4.69) is 5.32 Å². The number of amides is 1. The maximum atomic E-state index is 12.0. The number of rotatable bonds is 9. The van der Waals surface area contributed by atoms with Crippen LogP contribution in [0.25, 0.3) is 0 Å². The van der Waals surface area contributed by atoms with Crippen molar-refractivity contribution in [1.82, 2.24) is 0 Å². The summed E-state index contributed by atoms with van der Waals surface area (Å²) < 4.78 is 9.96. The van der Waals surface area contributed by atoms with Crippen LogP contribution in [0.5, 0.6) is 0 Å². The van der Waals surface area contributed by atoms with Crippen molar-refractivity contribution in [3.63, 3.8) is 0 Å². The zero-order valence-electron chi connectivity index (χ0n) is 16.1. The highest BCUT2D eigenvalue weighted by Gasteiger charge is 2.18.